The summed E-state index contributed by atoms with van der Waals surface area (Å²) in [7, 11) is 0. The highest BCUT2D eigenvalue weighted by atomic mass is 15.3. The SMILES string of the molecule is c1[nH]nnc1CN1CCCNCCNCCCNCC1. The largest absolute Gasteiger partial charge is 0.315 e. The van der Waals surface area contributed by atoms with Crippen molar-refractivity contribution in [1.82, 2.24) is 36.3 Å². The van der Waals surface area contributed by atoms with Crippen molar-refractivity contribution in [2.24, 2.45) is 0 Å². The van der Waals surface area contributed by atoms with E-state index in [1.165, 1.54) is 6.42 Å². The summed E-state index contributed by atoms with van der Waals surface area (Å²) in [6.07, 6.45) is 4.23. The molecule has 0 aromatic carbocycles. The number of hydrogen-bond acceptors (Lipinski definition) is 6. The van der Waals surface area contributed by atoms with Crippen molar-refractivity contribution in [1.29, 1.82) is 0 Å². The highest BCUT2D eigenvalue weighted by molar-refractivity contribution is 4.90. The van der Waals surface area contributed by atoms with Crippen molar-refractivity contribution >= 4 is 0 Å². The maximum atomic E-state index is 4.08. The van der Waals surface area contributed by atoms with Gasteiger partial charge in [0.05, 0.1) is 5.69 Å². The smallest absolute Gasteiger partial charge is 0.0964 e. The third-order valence-electron chi connectivity index (χ3n) is 3.47. The Morgan fingerprint density at radius 1 is 0.900 bits per heavy atom. The molecule has 0 saturated carbocycles. The van der Waals surface area contributed by atoms with Gasteiger partial charge in [-0.25, -0.2) is 0 Å². The Kier molecular flexibility index (Phi) is 7.54. The van der Waals surface area contributed by atoms with Gasteiger partial charge in [-0.3, -0.25) is 10.00 Å². The molecule has 20 heavy (non-hydrogen) atoms. The van der Waals surface area contributed by atoms with Crippen LogP contribution in [0.3, 0.4) is 0 Å². The quantitative estimate of drug-likeness (QED) is 0.567. The van der Waals surface area contributed by atoms with Gasteiger partial charge in [-0.05, 0) is 39.0 Å². The summed E-state index contributed by atoms with van der Waals surface area (Å²) < 4.78 is 0. The molecule has 0 atom stereocenters. The highest BCUT2D eigenvalue weighted by Gasteiger charge is 2.07. The van der Waals surface area contributed by atoms with E-state index in [0.29, 0.717) is 0 Å². The lowest BCUT2D eigenvalue weighted by molar-refractivity contribution is 0.257. The first-order valence-corrected chi connectivity index (χ1v) is 7.65. The maximum Gasteiger partial charge on any atom is 0.0964 e. The molecule has 1 aromatic heterocycles. The molecule has 0 aliphatic carbocycles. The predicted octanol–water partition coefficient (Wildman–Crippen LogP) is -0.831. The zero-order chi connectivity index (χ0) is 13.9. The van der Waals surface area contributed by atoms with E-state index in [1.54, 1.807) is 0 Å². The Morgan fingerprint density at radius 3 is 2.40 bits per heavy atom. The molecule has 0 bridgehead atoms. The molecular weight excluding hydrogens is 254 g/mol. The second-order valence-corrected chi connectivity index (χ2v) is 5.20. The predicted molar refractivity (Wildman–Crippen MR) is 79.5 cm³/mol. The zero-order valence-electron chi connectivity index (χ0n) is 12.2. The minimum absolute atomic E-state index is 0.875. The fourth-order valence-electron chi connectivity index (χ4n) is 2.36. The lowest BCUT2D eigenvalue weighted by Gasteiger charge is -2.22. The summed E-state index contributed by atoms with van der Waals surface area (Å²) in [6.45, 7) is 9.42. The van der Waals surface area contributed by atoms with Gasteiger partial charge in [0.2, 0.25) is 0 Å². The average Bonchev–Trinajstić information content (AvgIpc) is 2.96. The number of nitrogens with zero attached hydrogens (tertiary/aromatic N) is 3. The van der Waals surface area contributed by atoms with Gasteiger partial charge in [-0.15, -0.1) is 5.10 Å². The molecule has 2 heterocycles. The molecule has 114 valence electrons. The Labute approximate surface area is 120 Å². The van der Waals surface area contributed by atoms with Crippen LogP contribution >= 0.6 is 0 Å². The summed E-state index contributed by atoms with van der Waals surface area (Å²) in [6, 6.07) is 0. The van der Waals surface area contributed by atoms with Crippen molar-refractivity contribution in [2.75, 3.05) is 52.4 Å². The third-order valence-corrected chi connectivity index (χ3v) is 3.47. The van der Waals surface area contributed by atoms with Crippen LogP contribution in [-0.4, -0.2) is 72.7 Å². The van der Waals surface area contributed by atoms with Crippen molar-refractivity contribution < 1.29 is 0 Å². The molecule has 1 aliphatic heterocycles. The molecule has 4 N–H and O–H groups in total. The van der Waals surface area contributed by atoms with Crippen LogP contribution in [0.2, 0.25) is 0 Å². The van der Waals surface area contributed by atoms with Crippen LogP contribution in [0.5, 0.6) is 0 Å². The first-order valence-electron chi connectivity index (χ1n) is 7.65. The van der Waals surface area contributed by atoms with Crippen molar-refractivity contribution in [2.45, 2.75) is 19.4 Å². The summed E-state index contributed by atoms with van der Waals surface area (Å²) in [5.74, 6) is 0. The van der Waals surface area contributed by atoms with E-state index in [9.17, 15) is 0 Å². The van der Waals surface area contributed by atoms with E-state index in [1.807, 2.05) is 6.20 Å². The average molecular weight is 281 g/mol. The molecule has 0 spiro atoms. The molecule has 7 nitrogen and oxygen atoms in total. The van der Waals surface area contributed by atoms with Crippen molar-refractivity contribution in [3.63, 3.8) is 0 Å². The first kappa shape index (κ1) is 15.4. The molecule has 0 unspecified atom stereocenters. The summed E-state index contributed by atoms with van der Waals surface area (Å²) in [4.78, 5) is 2.44. The molecule has 1 aromatic rings. The fraction of sp³-hybridized carbons (Fsp3) is 0.846. The van der Waals surface area contributed by atoms with Crippen molar-refractivity contribution in [3.05, 3.63) is 11.9 Å². The maximum absolute atomic E-state index is 4.08. The van der Waals surface area contributed by atoms with Crippen LogP contribution in [0, 0.1) is 0 Å². The van der Waals surface area contributed by atoms with Gasteiger partial charge < -0.3 is 16.0 Å². The number of hydrogen-bond donors (Lipinski definition) is 4. The van der Waals surface area contributed by atoms with Crippen LogP contribution in [0.4, 0.5) is 0 Å². The minimum Gasteiger partial charge on any atom is -0.315 e. The molecule has 0 radical (unpaired) electrons. The Hall–Kier alpha value is -1.02. The van der Waals surface area contributed by atoms with Gasteiger partial charge in [0.25, 0.3) is 0 Å². The van der Waals surface area contributed by atoms with Crippen LogP contribution in [0.15, 0.2) is 6.20 Å². The van der Waals surface area contributed by atoms with Gasteiger partial charge in [0.1, 0.15) is 0 Å². The Morgan fingerprint density at radius 2 is 1.65 bits per heavy atom. The number of aromatic amines is 1. The summed E-state index contributed by atoms with van der Waals surface area (Å²) in [5.41, 5.74) is 1.02. The van der Waals surface area contributed by atoms with Crippen molar-refractivity contribution in [3.8, 4) is 0 Å². The molecular formula is C13H27N7. The molecule has 7 heteroatoms. The number of aromatic nitrogens is 3. The van der Waals surface area contributed by atoms with E-state index in [2.05, 4.69) is 36.3 Å². The van der Waals surface area contributed by atoms with Gasteiger partial charge in [-0.2, -0.15) is 0 Å². The number of rotatable bonds is 2. The van der Waals surface area contributed by atoms with E-state index < -0.39 is 0 Å². The van der Waals surface area contributed by atoms with E-state index in [4.69, 9.17) is 0 Å². The van der Waals surface area contributed by atoms with Crippen LogP contribution in [-0.2, 0) is 6.54 Å². The second-order valence-electron chi connectivity index (χ2n) is 5.20. The van der Waals surface area contributed by atoms with Gasteiger partial charge in [0.15, 0.2) is 0 Å². The number of nitrogens with one attached hydrogen (secondary N) is 4. The molecule has 1 saturated heterocycles. The van der Waals surface area contributed by atoms with Crippen LogP contribution in [0.25, 0.3) is 0 Å². The van der Waals surface area contributed by atoms with Gasteiger partial charge >= 0.3 is 0 Å². The molecule has 2 rings (SSSR count). The molecule has 1 fully saturated rings. The first-order chi connectivity index (χ1) is 9.95. The standard InChI is InChI=1S/C13H27N7/c1-3-14-6-7-15-5-2-9-20(10-8-16-4-1)12-13-11-17-19-18-13/h11,14-16H,1-10,12H2,(H,17,18,19). The fourth-order valence-corrected chi connectivity index (χ4v) is 2.36. The van der Waals surface area contributed by atoms with Gasteiger partial charge in [-0.1, -0.05) is 5.21 Å². The van der Waals surface area contributed by atoms with Crippen LogP contribution < -0.4 is 16.0 Å². The lowest BCUT2D eigenvalue weighted by atomic mass is 10.3. The Balaban J connectivity index is 1.75. The normalized spacial score (nSPS) is 21.4. The topological polar surface area (TPSA) is 80.9 Å². The van der Waals surface area contributed by atoms with Gasteiger partial charge in [0, 0.05) is 38.9 Å². The van der Waals surface area contributed by atoms with Crippen LogP contribution in [0.1, 0.15) is 18.5 Å². The number of H-pyrrole nitrogens is 1. The summed E-state index contributed by atoms with van der Waals surface area (Å²) in [5, 5.41) is 21.1. The lowest BCUT2D eigenvalue weighted by Crippen LogP contribution is -2.36. The van der Waals surface area contributed by atoms with E-state index >= 15 is 0 Å². The monoisotopic (exact) mass is 281 g/mol. The second kappa shape index (κ2) is 9.82. The van der Waals surface area contributed by atoms with E-state index in [-0.39, 0.29) is 0 Å². The van der Waals surface area contributed by atoms with E-state index in [0.717, 1.165) is 71.0 Å². The summed E-state index contributed by atoms with van der Waals surface area (Å²) >= 11 is 0. The zero-order valence-corrected chi connectivity index (χ0v) is 12.2. The molecule has 0 amide bonds. The highest BCUT2D eigenvalue weighted by Crippen LogP contribution is 1.99. The Bertz CT molecular complexity index is 313. The molecule has 1 aliphatic rings. The third kappa shape index (κ3) is 6.42. The minimum atomic E-state index is 0.875.